The van der Waals surface area contributed by atoms with Crippen LogP contribution in [0.1, 0.15) is 22.8 Å². The van der Waals surface area contributed by atoms with Gasteiger partial charge in [-0.15, -0.1) is 0 Å². The van der Waals surface area contributed by atoms with Gasteiger partial charge in [-0.05, 0) is 42.4 Å². The Morgan fingerprint density at radius 3 is 2.34 bits per heavy atom. The molecule has 2 aliphatic rings. The summed E-state index contributed by atoms with van der Waals surface area (Å²) < 4.78 is 0. The summed E-state index contributed by atoms with van der Waals surface area (Å²) in [5.74, 6) is 1.60. The fraction of sp³-hybridized carbons (Fsp3) is 0.393. The first-order chi connectivity index (χ1) is 18.5. The standard InChI is InChI=1S/C28H32Cl2N6OS/c1-2-33-9-11-36(12-10-33)27(37)22-6-3-5-21(17-22)20-38-28-31-25(30)19-26(32-28)35-15-13-34(14-16-35)24-8-4-7-23(29)18-24/h3-8,17-19H,2,9-16,20H2,1H3. The number of carbonyl (C=O) groups is 1. The zero-order valence-electron chi connectivity index (χ0n) is 21.5. The van der Waals surface area contributed by atoms with E-state index in [9.17, 15) is 4.79 Å². The molecule has 0 unspecified atom stereocenters. The molecule has 0 bridgehead atoms. The highest BCUT2D eigenvalue weighted by Crippen LogP contribution is 2.27. The van der Waals surface area contributed by atoms with Crippen molar-refractivity contribution >= 4 is 52.4 Å². The third kappa shape index (κ3) is 6.72. The molecule has 3 heterocycles. The molecule has 38 heavy (non-hydrogen) atoms. The van der Waals surface area contributed by atoms with Gasteiger partial charge in [0.05, 0.1) is 0 Å². The monoisotopic (exact) mass is 570 g/mol. The molecule has 2 fully saturated rings. The van der Waals surface area contributed by atoms with E-state index in [1.807, 2.05) is 53.4 Å². The summed E-state index contributed by atoms with van der Waals surface area (Å²) in [6.07, 6.45) is 0. The molecule has 2 aliphatic heterocycles. The molecule has 0 atom stereocenters. The Kier molecular flexibility index (Phi) is 8.94. The first kappa shape index (κ1) is 27.1. The molecule has 2 aromatic carbocycles. The SMILES string of the molecule is CCN1CCN(C(=O)c2cccc(CSc3nc(Cl)cc(N4CCN(c5cccc(Cl)c5)CC4)n3)c2)CC1. The molecule has 2 saturated heterocycles. The van der Waals surface area contributed by atoms with Crippen molar-refractivity contribution in [2.45, 2.75) is 17.8 Å². The Morgan fingerprint density at radius 1 is 0.868 bits per heavy atom. The molecule has 7 nitrogen and oxygen atoms in total. The zero-order chi connectivity index (χ0) is 26.5. The van der Waals surface area contributed by atoms with Crippen LogP contribution in [0.25, 0.3) is 0 Å². The summed E-state index contributed by atoms with van der Waals surface area (Å²) in [7, 11) is 0. The van der Waals surface area contributed by atoms with Crippen molar-refractivity contribution in [1.29, 1.82) is 0 Å². The number of piperazine rings is 2. The van der Waals surface area contributed by atoms with Crippen molar-refractivity contribution in [2.75, 3.05) is 68.7 Å². The second-order valence-electron chi connectivity index (χ2n) is 9.50. The molecular formula is C28H32Cl2N6OS. The normalized spacial score (nSPS) is 16.7. The molecule has 0 aliphatic carbocycles. The first-order valence-corrected chi connectivity index (χ1v) is 14.8. The maximum atomic E-state index is 13.1. The van der Waals surface area contributed by atoms with Crippen LogP contribution in [0.2, 0.25) is 10.2 Å². The number of thioether (sulfide) groups is 1. The lowest BCUT2D eigenvalue weighted by atomic mass is 10.1. The number of anilines is 2. The highest BCUT2D eigenvalue weighted by atomic mass is 35.5. The molecule has 0 spiro atoms. The van der Waals surface area contributed by atoms with Crippen LogP contribution in [-0.4, -0.2) is 84.6 Å². The van der Waals surface area contributed by atoms with Crippen molar-refractivity contribution in [2.24, 2.45) is 0 Å². The van der Waals surface area contributed by atoms with Gasteiger partial charge in [-0.3, -0.25) is 4.79 Å². The van der Waals surface area contributed by atoms with Crippen LogP contribution in [0.15, 0.2) is 59.8 Å². The van der Waals surface area contributed by atoms with Crippen LogP contribution < -0.4 is 9.80 Å². The van der Waals surface area contributed by atoms with Gasteiger partial charge in [0.25, 0.3) is 5.91 Å². The lowest BCUT2D eigenvalue weighted by molar-refractivity contribution is 0.0643. The topological polar surface area (TPSA) is 55.8 Å². The lowest BCUT2D eigenvalue weighted by Gasteiger charge is -2.36. The fourth-order valence-corrected chi connectivity index (χ4v) is 6.08. The van der Waals surface area contributed by atoms with Gasteiger partial charge in [0.15, 0.2) is 5.16 Å². The number of nitrogens with zero attached hydrogens (tertiary/aromatic N) is 6. The van der Waals surface area contributed by atoms with Gasteiger partial charge >= 0.3 is 0 Å². The molecule has 10 heteroatoms. The molecule has 3 aromatic rings. The van der Waals surface area contributed by atoms with Gasteiger partial charge < -0.3 is 19.6 Å². The minimum absolute atomic E-state index is 0.103. The van der Waals surface area contributed by atoms with Crippen LogP contribution >= 0.6 is 35.0 Å². The van der Waals surface area contributed by atoms with E-state index in [-0.39, 0.29) is 5.91 Å². The number of carbonyl (C=O) groups excluding carboxylic acids is 1. The summed E-state index contributed by atoms with van der Waals surface area (Å²) in [6, 6.07) is 17.7. The largest absolute Gasteiger partial charge is 0.368 e. The minimum Gasteiger partial charge on any atom is -0.368 e. The molecule has 0 saturated carbocycles. The molecule has 1 amide bonds. The van der Waals surface area contributed by atoms with Gasteiger partial charge in [0.1, 0.15) is 11.0 Å². The third-order valence-corrected chi connectivity index (χ3v) is 8.43. The van der Waals surface area contributed by atoms with Gasteiger partial charge in [-0.25, -0.2) is 9.97 Å². The summed E-state index contributed by atoms with van der Waals surface area (Å²) in [6.45, 7) is 10.0. The number of rotatable bonds is 7. The second kappa shape index (κ2) is 12.6. The maximum absolute atomic E-state index is 13.1. The van der Waals surface area contributed by atoms with Crippen molar-refractivity contribution in [3.8, 4) is 0 Å². The van der Waals surface area contributed by atoms with Gasteiger partial charge in [-0.2, -0.15) is 0 Å². The Labute approximate surface area is 238 Å². The van der Waals surface area contributed by atoms with E-state index in [4.69, 9.17) is 28.2 Å². The van der Waals surface area contributed by atoms with E-state index in [0.717, 1.165) is 86.6 Å². The van der Waals surface area contributed by atoms with Crippen LogP contribution in [0.4, 0.5) is 11.5 Å². The number of benzene rings is 2. The smallest absolute Gasteiger partial charge is 0.253 e. The summed E-state index contributed by atoms with van der Waals surface area (Å²) in [5, 5.41) is 1.82. The summed E-state index contributed by atoms with van der Waals surface area (Å²) >= 11 is 14.1. The molecule has 0 N–H and O–H groups in total. The minimum atomic E-state index is 0.103. The van der Waals surface area contributed by atoms with Crippen LogP contribution in [-0.2, 0) is 5.75 Å². The molecular weight excluding hydrogens is 539 g/mol. The van der Waals surface area contributed by atoms with E-state index in [2.05, 4.69) is 32.7 Å². The number of halogens is 2. The van der Waals surface area contributed by atoms with Crippen molar-refractivity contribution in [3.05, 3.63) is 75.9 Å². The Bertz CT molecular complexity index is 1260. The van der Waals surface area contributed by atoms with E-state index < -0.39 is 0 Å². The van der Waals surface area contributed by atoms with Crippen LogP contribution in [0.5, 0.6) is 0 Å². The summed E-state index contributed by atoms with van der Waals surface area (Å²) in [5.41, 5.74) is 2.93. The van der Waals surface area contributed by atoms with Crippen LogP contribution in [0.3, 0.4) is 0 Å². The molecule has 5 rings (SSSR count). The quantitative estimate of drug-likeness (QED) is 0.220. The average Bonchev–Trinajstić information content (AvgIpc) is 2.96. The van der Waals surface area contributed by atoms with Crippen molar-refractivity contribution in [3.63, 3.8) is 0 Å². The van der Waals surface area contributed by atoms with Gasteiger partial charge in [-0.1, -0.05) is 60.1 Å². The Balaban J connectivity index is 1.19. The first-order valence-electron chi connectivity index (χ1n) is 13.0. The van der Waals surface area contributed by atoms with Gasteiger partial charge in [0, 0.05) is 80.5 Å². The zero-order valence-corrected chi connectivity index (χ0v) is 23.9. The van der Waals surface area contributed by atoms with Crippen molar-refractivity contribution in [1.82, 2.24) is 19.8 Å². The lowest BCUT2D eigenvalue weighted by Crippen LogP contribution is -2.48. The molecule has 1 aromatic heterocycles. The fourth-order valence-electron chi connectivity index (χ4n) is 4.87. The molecule has 0 radical (unpaired) electrons. The van der Waals surface area contributed by atoms with Crippen molar-refractivity contribution < 1.29 is 4.79 Å². The van der Waals surface area contributed by atoms with E-state index >= 15 is 0 Å². The second-order valence-corrected chi connectivity index (χ2v) is 11.3. The summed E-state index contributed by atoms with van der Waals surface area (Å²) in [4.78, 5) is 31.2. The van der Waals surface area contributed by atoms with Gasteiger partial charge in [0.2, 0.25) is 0 Å². The maximum Gasteiger partial charge on any atom is 0.253 e. The number of hydrogen-bond donors (Lipinski definition) is 0. The Hall–Kier alpha value is -2.52. The number of likely N-dealkylation sites (N-methyl/N-ethyl adjacent to an activating group) is 1. The molecule has 200 valence electrons. The van der Waals surface area contributed by atoms with Crippen LogP contribution in [0, 0.1) is 0 Å². The van der Waals surface area contributed by atoms with E-state index in [0.29, 0.717) is 16.1 Å². The average molecular weight is 572 g/mol. The predicted octanol–water partition coefficient (Wildman–Crippen LogP) is 5.18. The highest BCUT2D eigenvalue weighted by Gasteiger charge is 2.22. The van der Waals surface area contributed by atoms with E-state index in [1.54, 1.807) is 0 Å². The van der Waals surface area contributed by atoms with E-state index in [1.165, 1.54) is 11.8 Å². The number of aromatic nitrogens is 2. The number of amides is 1. The Morgan fingerprint density at radius 2 is 1.61 bits per heavy atom. The number of hydrogen-bond acceptors (Lipinski definition) is 7. The predicted molar refractivity (Wildman–Crippen MR) is 157 cm³/mol. The third-order valence-electron chi connectivity index (χ3n) is 7.09. The highest BCUT2D eigenvalue weighted by molar-refractivity contribution is 7.98.